The lowest BCUT2D eigenvalue weighted by Crippen LogP contribution is -2.30. The van der Waals surface area contributed by atoms with Crippen molar-refractivity contribution in [2.24, 2.45) is 0 Å². The van der Waals surface area contributed by atoms with Crippen molar-refractivity contribution in [2.75, 3.05) is 13.2 Å². The van der Waals surface area contributed by atoms with Crippen LogP contribution in [-0.2, 0) is 19.6 Å². The van der Waals surface area contributed by atoms with Gasteiger partial charge in [0.2, 0.25) is 10.0 Å². The molecule has 0 aliphatic heterocycles. The minimum absolute atomic E-state index is 0.178. The van der Waals surface area contributed by atoms with Gasteiger partial charge in [-0.2, -0.15) is 4.72 Å². The number of phenols is 1. The summed E-state index contributed by atoms with van der Waals surface area (Å²) >= 11 is 0. The second-order valence-corrected chi connectivity index (χ2v) is 4.83. The van der Waals surface area contributed by atoms with E-state index in [1.807, 2.05) is 4.72 Å². The zero-order chi connectivity index (χ0) is 12.9. The van der Waals surface area contributed by atoms with Gasteiger partial charge in [-0.1, -0.05) is 12.1 Å². The third-order valence-corrected chi connectivity index (χ3v) is 3.32. The van der Waals surface area contributed by atoms with E-state index in [2.05, 4.69) is 4.74 Å². The first-order valence-electron chi connectivity index (χ1n) is 4.90. The molecule has 0 saturated carbocycles. The van der Waals surface area contributed by atoms with Crippen LogP contribution in [0.15, 0.2) is 29.2 Å². The fourth-order valence-electron chi connectivity index (χ4n) is 1.13. The number of aromatic hydroxyl groups is 1. The molecule has 0 fully saturated rings. The summed E-state index contributed by atoms with van der Waals surface area (Å²) in [6.07, 6.45) is 0. The van der Waals surface area contributed by atoms with Gasteiger partial charge in [0.1, 0.15) is 17.2 Å². The molecule has 0 heterocycles. The van der Waals surface area contributed by atoms with Gasteiger partial charge in [-0.3, -0.25) is 4.79 Å². The molecule has 17 heavy (non-hydrogen) atoms. The Kier molecular flexibility index (Phi) is 4.47. The average molecular weight is 259 g/mol. The van der Waals surface area contributed by atoms with Gasteiger partial charge in [0.15, 0.2) is 0 Å². The molecule has 1 rings (SSSR count). The van der Waals surface area contributed by atoms with Crippen LogP contribution in [0.1, 0.15) is 6.92 Å². The standard InChI is InChI=1S/C10H13NO5S/c1-2-16-10(13)7-11-17(14,15)9-6-4-3-5-8(9)12/h3-6,11-12H,2,7H2,1H3. The second-order valence-electron chi connectivity index (χ2n) is 3.10. The molecule has 0 spiro atoms. The second kappa shape index (κ2) is 5.65. The van der Waals surface area contributed by atoms with Gasteiger partial charge in [0, 0.05) is 0 Å². The van der Waals surface area contributed by atoms with E-state index >= 15 is 0 Å². The summed E-state index contributed by atoms with van der Waals surface area (Å²) in [5, 5.41) is 9.38. The molecule has 0 atom stereocenters. The quantitative estimate of drug-likeness (QED) is 0.739. The van der Waals surface area contributed by atoms with E-state index < -0.39 is 22.5 Å². The van der Waals surface area contributed by atoms with Crippen molar-refractivity contribution in [3.05, 3.63) is 24.3 Å². The number of hydrogen-bond acceptors (Lipinski definition) is 5. The van der Waals surface area contributed by atoms with E-state index in [-0.39, 0.29) is 17.3 Å². The Labute approximate surface area is 99.3 Å². The molecule has 7 heteroatoms. The summed E-state index contributed by atoms with van der Waals surface area (Å²) in [7, 11) is -3.91. The van der Waals surface area contributed by atoms with Gasteiger partial charge in [-0.05, 0) is 19.1 Å². The normalized spacial score (nSPS) is 11.1. The molecule has 0 aromatic heterocycles. The Morgan fingerprint density at radius 3 is 2.65 bits per heavy atom. The number of nitrogens with one attached hydrogen (secondary N) is 1. The molecular weight excluding hydrogens is 246 g/mol. The van der Waals surface area contributed by atoms with Crippen LogP contribution in [0.25, 0.3) is 0 Å². The molecule has 1 aromatic carbocycles. The number of ether oxygens (including phenoxy) is 1. The largest absolute Gasteiger partial charge is 0.507 e. The van der Waals surface area contributed by atoms with Crippen molar-refractivity contribution in [3.63, 3.8) is 0 Å². The van der Waals surface area contributed by atoms with E-state index in [1.165, 1.54) is 24.3 Å². The SMILES string of the molecule is CCOC(=O)CNS(=O)(=O)c1ccccc1O. The summed E-state index contributed by atoms with van der Waals surface area (Å²) in [6, 6.07) is 5.46. The predicted molar refractivity (Wildman–Crippen MR) is 59.9 cm³/mol. The highest BCUT2D eigenvalue weighted by atomic mass is 32.2. The summed E-state index contributed by atoms with van der Waals surface area (Å²) in [4.78, 5) is 10.7. The van der Waals surface area contributed by atoms with Gasteiger partial charge in [-0.25, -0.2) is 8.42 Å². The van der Waals surface area contributed by atoms with E-state index in [1.54, 1.807) is 6.92 Å². The lowest BCUT2D eigenvalue weighted by Gasteiger charge is -2.07. The van der Waals surface area contributed by atoms with Crippen LogP contribution in [0, 0.1) is 0 Å². The summed E-state index contributed by atoms with van der Waals surface area (Å²) in [5.74, 6) is -1.05. The van der Waals surface area contributed by atoms with Gasteiger partial charge >= 0.3 is 5.97 Å². The summed E-state index contributed by atoms with van der Waals surface area (Å²) in [6.45, 7) is 1.33. The maximum Gasteiger partial charge on any atom is 0.321 e. The van der Waals surface area contributed by atoms with E-state index in [0.29, 0.717) is 0 Å². The topological polar surface area (TPSA) is 92.7 Å². The maximum absolute atomic E-state index is 11.7. The number of sulfonamides is 1. The van der Waals surface area contributed by atoms with Crippen molar-refractivity contribution < 1.29 is 23.1 Å². The number of esters is 1. The minimum Gasteiger partial charge on any atom is -0.507 e. The summed E-state index contributed by atoms with van der Waals surface area (Å²) in [5.41, 5.74) is 0. The molecule has 6 nitrogen and oxygen atoms in total. The van der Waals surface area contributed by atoms with E-state index in [9.17, 15) is 18.3 Å². The highest BCUT2D eigenvalue weighted by molar-refractivity contribution is 7.89. The lowest BCUT2D eigenvalue weighted by molar-refractivity contribution is -0.141. The van der Waals surface area contributed by atoms with Gasteiger partial charge in [0.05, 0.1) is 6.61 Å². The highest BCUT2D eigenvalue weighted by Crippen LogP contribution is 2.20. The number of carbonyl (C=O) groups is 1. The smallest absolute Gasteiger partial charge is 0.321 e. The monoisotopic (exact) mass is 259 g/mol. The Morgan fingerprint density at radius 2 is 2.06 bits per heavy atom. The van der Waals surface area contributed by atoms with Crippen LogP contribution < -0.4 is 4.72 Å². The van der Waals surface area contributed by atoms with Crippen molar-refractivity contribution in [1.82, 2.24) is 4.72 Å². The van der Waals surface area contributed by atoms with Gasteiger partial charge in [-0.15, -0.1) is 0 Å². The first-order chi connectivity index (χ1) is 7.97. The van der Waals surface area contributed by atoms with E-state index in [0.717, 1.165) is 0 Å². The number of benzene rings is 1. The molecule has 0 aliphatic carbocycles. The average Bonchev–Trinajstić information content (AvgIpc) is 2.27. The molecule has 0 aliphatic rings. The third-order valence-electron chi connectivity index (χ3n) is 1.87. The van der Waals surface area contributed by atoms with Crippen LogP contribution in [0.5, 0.6) is 5.75 Å². The molecule has 2 N–H and O–H groups in total. The molecule has 0 amide bonds. The molecule has 0 radical (unpaired) electrons. The van der Waals surface area contributed by atoms with Crippen molar-refractivity contribution in [3.8, 4) is 5.75 Å². The number of carbonyl (C=O) groups excluding carboxylic acids is 1. The minimum atomic E-state index is -3.91. The number of phenolic OH excluding ortho intramolecular Hbond substituents is 1. The number of hydrogen-bond donors (Lipinski definition) is 2. The zero-order valence-corrected chi connectivity index (χ0v) is 10.0. The van der Waals surface area contributed by atoms with Gasteiger partial charge < -0.3 is 9.84 Å². The highest BCUT2D eigenvalue weighted by Gasteiger charge is 2.19. The Hall–Kier alpha value is -1.60. The van der Waals surface area contributed by atoms with Crippen molar-refractivity contribution in [2.45, 2.75) is 11.8 Å². The molecule has 94 valence electrons. The summed E-state index contributed by atoms with van der Waals surface area (Å²) < 4.78 is 30.0. The van der Waals surface area contributed by atoms with E-state index in [4.69, 9.17) is 0 Å². The van der Waals surface area contributed by atoms with Gasteiger partial charge in [0.25, 0.3) is 0 Å². The lowest BCUT2D eigenvalue weighted by atomic mass is 10.3. The molecule has 0 unspecified atom stereocenters. The van der Waals surface area contributed by atoms with Crippen LogP contribution in [0.3, 0.4) is 0 Å². The zero-order valence-electron chi connectivity index (χ0n) is 9.21. The molecular formula is C10H13NO5S. The van der Waals surface area contributed by atoms with Crippen LogP contribution in [0.2, 0.25) is 0 Å². The fourth-order valence-corrected chi connectivity index (χ4v) is 2.19. The predicted octanol–water partition coefficient (Wildman–Crippen LogP) is 0.234. The Morgan fingerprint density at radius 1 is 1.41 bits per heavy atom. The Bertz CT molecular complexity index is 497. The number of para-hydroxylation sites is 1. The van der Waals surface area contributed by atoms with Crippen molar-refractivity contribution in [1.29, 1.82) is 0 Å². The molecule has 0 saturated heterocycles. The third kappa shape index (κ3) is 3.72. The Balaban J connectivity index is 2.77. The first-order valence-corrected chi connectivity index (χ1v) is 6.39. The first kappa shape index (κ1) is 13.5. The van der Waals surface area contributed by atoms with Crippen LogP contribution in [0.4, 0.5) is 0 Å². The molecule has 1 aromatic rings. The van der Waals surface area contributed by atoms with Crippen molar-refractivity contribution >= 4 is 16.0 Å². The maximum atomic E-state index is 11.7. The fraction of sp³-hybridized carbons (Fsp3) is 0.300. The van der Waals surface area contributed by atoms with Crippen LogP contribution >= 0.6 is 0 Å². The molecule has 0 bridgehead atoms. The van der Waals surface area contributed by atoms with Crippen LogP contribution in [-0.4, -0.2) is 32.6 Å². The number of rotatable bonds is 5.